The number of fused-ring (bicyclic) bond motifs is 1. The fraction of sp³-hybridized carbons (Fsp3) is 0.167. The number of hydrogen-bond acceptors (Lipinski definition) is 4. The molecule has 2 aromatic heterocycles. The first kappa shape index (κ1) is 19.5. The number of nitrogens with zero attached hydrogens (tertiary/aromatic N) is 1. The predicted molar refractivity (Wildman–Crippen MR) is 122 cm³/mol. The molecule has 6 nitrogen and oxygen atoms in total. The van der Waals surface area contributed by atoms with Crippen LogP contribution in [0.25, 0.3) is 10.9 Å². The maximum absolute atomic E-state index is 11.1. The summed E-state index contributed by atoms with van der Waals surface area (Å²) in [5, 5.41) is 10.9. The first-order valence-corrected chi connectivity index (χ1v) is 10.0. The Morgan fingerprint density at radius 2 is 1.80 bits per heavy atom. The van der Waals surface area contributed by atoms with Crippen molar-refractivity contribution in [3.8, 4) is 0 Å². The molecule has 0 radical (unpaired) electrons. The SMILES string of the molecule is CC(=O)NCc1cc(Nc2ccc(NCCc3c[nH]c4ccccc34)cc2)ccn1. The van der Waals surface area contributed by atoms with Crippen molar-refractivity contribution in [1.29, 1.82) is 0 Å². The van der Waals surface area contributed by atoms with E-state index in [0.717, 1.165) is 35.7 Å². The van der Waals surface area contributed by atoms with Crippen molar-refractivity contribution >= 4 is 33.9 Å². The first-order chi connectivity index (χ1) is 14.7. The average molecular weight is 399 g/mol. The monoisotopic (exact) mass is 399 g/mol. The molecule has 0 saturated carbocycles. The molecule has 0 aliphatic heterocycles. The largest absolute Gasteiger partial charge is 0.385 e. The molecule has 0 saturated heterocycles. The molecule has 2 aromatic carbocycles. The summed E-state index contributed by atoms with van der Waals surface area (Å²) in [6.07, 6.45) is 4.78. The minimum absolute atomic E-state index is 0.0667. The van der Waals surface area contributed by atoms with Crippen molar-refractivity contribution in [2.24, 2.45) is 0 Å². The number of H-pyrrole nitrogens is 1. The Morgan fingerprint density at radius 3 is 2.63 bits per heavy atom. The number of anilines is 3. The van der Waals surface area contributed by atoms with Crippen molar-refractivity contribution in [3.05, 3.63) is 84.3 Å². The smallest absolute Gasteiger partial charge is 0.217 e. The van der Waals surface area contributed by atoms with Crippen LogP contribution >= 0.6 is 0 Å². The molecule has 0 aliphatic rings. The van der Waals surface area contributed by atoms with Crippen LogP contribution in [0.5, 0.6) is 0 Å². The van der Waals surface area contributed by atoms with Crippen molar-refractivity contribution < 1.29 is 4.79 Å². The Kier molecular flexibility index (Phi) is 5.94. The lowest BCUT2D eigenvalue weighted by molar-refractivity contribution is -0.119. The number of para-hydroxylation sites is 1. The van der Waals surface area contributed by atoms with E-state index in [1.165, 1.54) is 23.4 Å². The molecule has 0 unspecified atom stereocenters. The molecule has 4 N–H and O–H groups in total. The zero-order valence-electron chi connectivity index (χ0n) is 16.9. The van der Waals surface area contributed by atoms with Crippen molar-refractivity contribution in [2.45, 2.75) is 19.9 Å². The van der Waals surface area contributed by atoms with Crippen LogP contribution in [-0.2, 0) is 17.8 Å². The molecule has 0 bridgehead atoms. The highest BCUT2D eigenvalue weighted by Crippen LogP contribution is 2.20. The van der Waals surface area contributed by atoms with Crippen LogP contribution in [0.15, 0.2) is 73.1 Å². The van der Waals surface area contributed by atoms with Gasteiger partial charge in [-0.05, 0) is 54.4 Å². The van der Waals surface area contributed by atoms with Gasteiger partial charge in [-0.2, -0.15) is 0 Å². The van der Waals surface area contributed by atoms with Gasteiger partial charge in [0.25, 0.3) is 0 Å². The van der Waals surface area contributed by atoms with Crippen LogP contribution in [0.4, 0.5) is 17.1 Å². The third-order valence-corrected chi connectivity index (χ3v) is 4.91. The first-order valence-electron chi connectivity index (χ1n) is 10.0. The number of nitrogens with one attached hydrogen (secondary N) is 4. The van der Waals surface area contributed by atoms with Gasteiger partial charge in [0.05, 0.1) is 12.2 Å². The summed E-state index contributed by atoms with van der Waals surface area (Å²) in [5.41, 5.74) is 6.33. The Morgan fingerprint density at radius 1 is 1.00 bits per heavy atom. The van der Waals surface area contributed by atoms with Gasteiger partial charge in [0.2, 0.25) is 5.91 Å². The Bertz CT molecular complexity index is 1130. The molecule has 0 fully saturated rings. The van der Waals surface area contributed by atoms with Gasteiger partial charge < -0.3 is 20.9 Å². The molecule has 152 valence electrons. The number of carbonyl (C=O) groups excluding carboxylic acids is 1. The standard InChI is InChI=1S/C24H25N5O/c1-17(30)27-16-22-14-21(11-13-26-22)29-20-8-6-19(7-9-20)25-12-10-18-15-28-24-5-3-2-4-23(18)24/h2-9,11,13-15,25,28H,10,12,16H2,1H3,(H,26,29)(H,27,30). The number of amides is 1. The highest BCUT2D eigenvalue weighted by atomic mass is 16.1. The quantitative estimate of drug-likeness (QED) is 0.349. The molecular weight excluding hydrogens is 374 g/mol. The number of aromatic nitrogens is 2. The van der Waals surface area contributed by atoms with Crippen molar-refractivity contribution in [3.63, 3.8) is 0 Å². The number of pyridine rings is 1. The summed E-state index contributed by atoms with van der Waals surface area (Å²) in [4.78, 5) is 18.7. The molecule has 6 heteroatoms. The normalized spacial score (nSPS) is 10.7. The van der Waals surface area contributed by atoms with E-state index >= 15 is 0 Å². The molecular formula is C24H25N5O. The Labute approximate surface area is 175 Å². The van der Waals surface area contributed by atoms with E-state index in [1.54, 1.807) is 6.20 Å². The summed E-state index contributed by atoms with van der Waals surface area (Å²) >= 11 is 0. The van der Waals surface area contributed by atoms with Crippen molar-refractivity contribution in [2.75, 3.05) is 17.2 Å². The van der Waals surface area contributed by atoms with Gasteiger partial charge in [-0.3, -0.25) is 9.78 Å². The van der Waals surface area contributed by atoms with Crippen LogP contribution in [0.2, 0.25) is 0 Å². The van der Waals surface area contributed by atoms with Crippen molar-refractivity contribution in [1.82, 2.24) is 15.3 Å². The van der Waals surface area contributed by atoms with E-state index in [4.69, 9.17) is 0 Å². The zero-order chi connectivity index (χ0) is 20.8. The Balaban J connectivity index is 1.31. The van der Waals surface area contributed by atoms with Crippen LogP contribution in [-0.4, -0.2) is 22.4 Å². The van der Waals surface area contributed by atoms with Crippen LogP contribution in [0, 0.1) is 0 Å². The summed E-state index contributed by atoms with van der Waals surface area (Å²) in [6.45, 7) is 2.79. The molecule has 4 aromatic rings. The van der Waals surface area contributed by atoms with E-state index in [-0.39, 0.29) is 5.91 Å². The molecule has 4 rings (SSSR count). The number of hydrogen-bond donors (Lipinski definition) is 4. The topological polar surface area (TPSA) is 81.8 Å². The molecule has 0 aliphatic carbocycles. The van der Waals surface area contributed by atoms with E-state index in [9.17, 15) is 4.79 Å². The van der Waals surface area contributed by atoms with E-state index < -0.39 is 0 Å². The molecule has 0 atom stereocenters. The van der Waals surface area contributed by atoms with Crippen LogP contribution < -0.4 is 16.0 Å². The lowest BCUT2D eigenvalue weighted by Crippen LogP contribution is -2.19. The van der Waals surface area contributed by atoms with Gasteiger partial charge in [-0.15, -0.1) is 0 Å². The second-order valence-electron chi connectivity index (χ2n) is 7.18. The fourth-order valence-electron chi connectivity index (χ4n) is 3.39. The van der Waals surface area contributed by atoms with E-state index in [0.29, 0.717) is 6.54 Å². The van der Waals surface area contributed by atoms with Gasteiger partial charge in [0.1, 0.15) is 0 Å². The van der Waals surface area contributed by atoms with Gasteiger partial charge in [0.15, 0.2) is 0 Å². The lowest BCUT2D eigenvalue weighted by Gasteiger charge is -2.10. The fourth-order valence-corrected chi connectivity index (χ4v) is 3.39. The third kappa shape index (κ3) is 4.97. The zero-order valence-corrected chi connectivity index (χ0v) is 16.9. The second kappa shape index (κ2) is 9.13. The van der Waals surface area contributed by atoms with Crippen LogP contribution in [0.1, 0.15) is 18.2 Å². The molecule has 2 heterocycles. The van der Waals surface area contributed by atoms with E-state index in [1.807, 2.05) is 30.3 Å². The maximum Gasteiger partial charge on any atom is 0.217 e. The second-order valence-corrected chi connectivity index (χ2v) is 7.18. The van der Waals surface area contributed by atoms with Gasteiger partial charge in [0, 0.05) is 53.8 Å². The summed E-state index contributed by atoms with van der Waals surface area (Å²) < 4.78 is 0. The van der Waals surface area contributed by atoms with Gasteiger partial charge >= 0.3 is 0 Å². The number of aromatic amines is 1. The maximum atomic E-state index is 11.1. The van der Waals surface area contributed by atoms with Gasteiger partial charge in [-0.1, -0.05) is 18.2 Å². The van der Waals surface area contributed by atoms with Crippen LogP contribution in [0.3, 0.4) is 0 Å². The molecule has 1 amide bonds. The average Bonchev–Trinajstić information content (AvgIpc) is 3.17. The number of rotatable bonds is 8. The minimum atomic E-state index is -0.0667. The minimum Gasteiger partial charge on any atom is -0.385 e. The predicted octanol–water partition coefficient (Wildman–Crippen LogP) is 4.60. The summed E-state index contributed by atoms with van der Waals surface area (Å²) in [7, 11) is 0. The van der Waals surface area contributed by atoms with Gasteiger partial charge in [-0.25, -0.2) is 0 Å². The lowest BCUT2D eigenvalue weighted by atomic mass is 10.1. The summed E-state index contributed by atoms with van der Waals surface area (Å²) in [6, 6.07) is 20.4. The van der Waals surface area contributed by atoms with E-state index in [2.05, 4.69) is 62.4 Å². The highest BCUT2D eigenvalue weighted by molar-refractivity contribution is 5.83. The number of benzene rings is 2. The highest BCUT2D eigenvalue weighted by Gasteiger charge is 2.03. The molecule has 0 spiro atoms. The number of carbonyl (C=O) groups is 1. The Hall–Kier alpha value is -3.80. The third-order valence-electron chi connectivity index (χ3n) is 4.91. The molecule has 30 heavy (non-hydrogen) atoms. The summed E-state index contributed by atoms with van der Waals surface area (Å²) in [5.74, 6) is -0.0667.